The van der Waals surface area contributed by atoms with E-state index in [0.717, 1.165) is 59.6 Å². The third kappa shape index (κ3) is 5.82. The number of carbonyl (C=O) groups excluding carboxylic acids is 1. The first-order chi connectivity index (χ1) is 15.8. The van der Waals surface area contributed by atoms with E-state index in [1.165, 1.54) is 12.8 Å². The van der Waals surface area contributed by atoms with Crippen LogP contribution in [0.4, 0.5) is 5.69 Å². The standard InChI is InChI=1S/C27H39ClN4O/c1-7-23-24(27(33)30-16-25-17(3)13-18(4)31-19(25)5)14-20(28)15-26(23)32(8-2)22-11-9-21(29-6)10-12-22/h13-15,21-22,29,31H,5,7-12,16H2,1-4,6H3,(H,30,33). The highest BCUT2D eigenvalue weighted by molar-refractivity contribution is 6.31. The third-order valence-corrected chi connectivity index (χ3v) is 7.25. The molecule has 1 aliphatic carbocycles. The normalized spacial score (nSPS) is 20.9. The van der Waals surface area contributed by atoms with Crippen LogP contribution in [-0.4, -0.2) is 38.1 Å². The average molecular weight is 471 g/mol. The summed E-state index contributed by atoms with van der Waals surface area (Å²) in [6.45, 7) is 13.8. The zero-order valence-electron chi connectivity index (χ0n) is 20.8. The maximum atomic E-state index is 13.3. The van der Waals surface area contributed by atoms with Crippen LogP contribution in [0, 0.1) is 0 Å². The van der Waals surface area contributed by atoms with E-state index in [4.69, 9.17) is 11.6 Å². The Balaban J connectivity index is 1.85. The summed E-state index contributed by atoms with van der Waals surface area (Å²) in [7, 11) is 2.05. The third-order valence-electron chi connectivity index (χ3n) is 7.03. The lowest BCUT2D eigenvalue weighted by molar-refractivity contribution is 0.0956. The Morgan fingerprint density at radius 1 is 1.21 bits per heavy atom. The summed E-state index contributed by atoms with van der Waals surface area (Å²) >= 11 is 6.56. The Labute approximate surface area is 204 Å². The first-order valence-electron chi connectivity index (χ1n) is 12.2. The fourth-order valence-electron chi connectivity index (χ4n) is 5.26. The van der Waals surface area contributed by atoms with Crippen LogP contribution in [-0.2, 0) is 6.42 Å². The number of anilines is 1. The topological polar surface area (TPSA) is 56.4 Å². The van der Waals surface area contributed by atoms with E-state index < -0.39 is 0 Å². The highest BCUT2D eigenvalue weighted by Gasteiger charge is 2.27. The molecule has 1 aliphatic heterocycles. The second-order valence-electron chi connectivity index (χ2n) is 9.16. The first kappa shape index (κ1) is 25.4. The van der Waals surface area contributed by atoms with Gasteiger partial charge in [0, 0.05) is 52.8 Å². The van der Waals surface area contributed by atoms with Gasteiger partial charge in [-0.25, -0.2) is 0 Å². The molecule has 1 fully saturated rings. The van der Waals surface area contributed by atoms with Gasteiger partial charge in [-0.1, -0.05) is 25.1 Å². The molecule has 0 atom stereocenters. The number of hydrogen-bond donors (Lipinski definition) is 3. The number of halogens is 1. The molecule has 0 saturated heterocycles. The molecule has 1 saturated carbocycles. The van der Waals surface area contributed by atoms with Crippen molar-refractivity contribution in [2.45, 2.75) is 71.9 Å². The van der Waals surface area contributed by atoms with Crippen molar-refractivity contribution in [2.24, 2.45) is 0 Å². The van der Waals surface area contributed by atoms with Gasteiger partial charge in [0.1, 0.15) is 0 Å². The number of dihydropyridines is 1. The molecule has 5 nitrogen and oxygen atoms in total. The summed E-state index contributed by atoms with van der Waals surface area (Å²) in [6, 6.07) is 4.92. The Hall–Kier alpha value is -2.24. The first-order valence-corrected chi connectivity index (χ1v) is 12.6. The van der Waals surface area contributed by atoms with E-state index in [9.17, 15) is 4.79 Å². The molecule has 1 amide bonds. The summed E-state index contributed by atoms with van der Waals surface area (Å²) in [5.41, 5.74) is 6.87. The van der Waals surface area contributed by atoms with Crippen molar-refractivity contribution >= 4 is 23.2 Å². The van der Waals surface area contributed by atoms with Gasteiger partial charge in [0.15, 0.2) is 0 Å². The van der Waals surface area contributed by atoms with Gasteiger partial charge in [0.25, 0.3) is 5.91 Å². The van der Waals surface area contributed by atoms with Crippen LogP contribution in [0.15, 0.2) is 47.3 Å². The maximum Gasteiger partial charge on any atom is 0.251 e. The summed E-state index contributed by atoms with van der Waals surface area (Å²) < 4.78 is 0. The SMILES string of the molecule is C=C1NC(C)=CC(C)=C1CNC(=O)c1cc(Cl)cc(N(CC)C2CCC(NC)CC2)c1CC. The van der Waals surface area contributed by atoms with E-state index in [-0.39, 0.29) is 5.91 Å². The summed E-state index contributed by atoms with van der Waals surface area (Å²) in [5.74, 6) is -0.0927. The highest BCUT2D eigenvalue weighted by Crippen LogP contribution is 2.34. The predicted molar refractivity (Wildman–Crippen MR) is 140 cm³/mol. The predicted octanol–water partition coefficient (Wildman–Crippen LogP) is 5.33. The Morgan fingerprint density at radius 3 is 2.48 bits per heavy atom. The van der Waals surface area contributed by atoms with Crippen molar-refractivity contribution in [3.8, 4) is 0 Å². The molecule has 0 aromatic heterocycles. The number of carbonyl (C=O) groups is 1. The Kier molecular flexibility index (Phi) is 8.66. The molecule has 1 aromatic rings. The summed E-state index contributed by atoms with van der Waals surface area (Å²) in [4.78, 5) is 15.8. The van der Waals surface area contributed by atoms with Gasteiger partial charge in [-0.05, 0) is 94.8 Å². The van der Waals surface area contributed by atoms with Crippen LogP contribution in [0.1, 0.15) is 69.3 Å². The van der Waals surface area contributed by atoms with Crippen molar-refractivity contribution in [1.29, 1.82) is 0 Å². The molecule has 0 radical (unpaired) electrons. The minimum absolute atomic E-state index is 0.0927. The molecule has 0 bridgehead atoms. The monoisotopic (exact) mass is 470 g/mol. The minimum Gasteiger partial charge on any atom is -0.369 e. The van der Waals surface area contributed by atoms with Crippen molar-refractivity contribution in [2.75, 3.05) is 25.0 Å². The number of allylic oxidation sites excluding steroid dienone is 3. The molecule has 3 N–H and O–H groups in total. The fourth-order valence-corrected chi connectivity index (χ4v) is 5.48. The quantitative estimate of drug-likeness (QED) is 0.481. The summed E-state index contributed by atoms with van der Waals surface area (Å²) in [5, 5.41) is 10.4. The zero-order valence-corrected chi connectivity index (χ0v) is 21.5. The van der Waals surface area contributed by atoms with Crippen molar-refractivity contribution in [3.63, 3.8) is 0 Å². The minimum atomic E-state index is -0.0927. The molecule has 1 aromatic carbocycles. The Morgan fingerprint density at radius 2 is 1.91 bits per heavy atom. The van der Waals surface area contributed by atoms with Gasteiger partial charge in [0.2, 0.25) is 0 Å². The van der Waals surface area contributed by atoms with Gasteiger partial charge in [-0.15, -0.1) is 0 Å². The summed E-state index contributed by atoms with van der Waals surface area (Å²) in [6.07, 6.45) is 7.49. The molecule has 3 rings (SSSR count). The fraction of sp³-hybridized carbons (Fsp3) is 0.519. The van der Waals surface area contributed by atoms with Gasteiger partial charge in [0.05, 0.1) is 0 Å². The van der Waals surface area contributed by atoms with Gasteiger partial charge in [-0.3, -0.25) is 4.79 Å². The zero-order chi connectivity index (χ0) is 24.1. The smallest absolute Gasteiger partial charge is 0.251 e. The number of rotatable bonds is 8. The van der Waals surface area contributed by atoms with Crippen LogP contribution < -0.4 is 20.9 Å². The van der Waals surface area contributed by atoms with E-state index in [1.54, 1.807) is 0 Å². The highest BCUT2D eigenvalue weighted by atomic mass is 35.5. The largest absolute Gasteiger partial charge is 0.369 e. The van der Waals surface area contributed by atoms with Crippen LogP contribution in [0.2, 0.25) is 5.02 Å². The van der Waals surface area contributed by atoms with Crippen molar-refractivity contribution in [3.05, 3.63) is 63.5 Å². The molecular weight excluding hydrogens is 432 g/mol. The Bertz CT molecular complexity index is 957. The van der Waals surface area contributed by atoms with Crippen LogP contribution >= 0.6 is 11.6 Å². The number of amides is 1. The van der Waals surface area contributed by atoms with E-state index in [1.807, 2.05) is 33.0 Å². The second-order valence-corrected chi connectivity index (χ2v) is 9.60. The number of benzene rings is 1. The van der Waals surface area contributed by atoms with E-state index in [0.29, 0.717) is 29.2 Å². The average Bonchev–Trinajstić information content (AvgIpc) is 2.78. The van der Waals surface area contributed by atoms with Crippen LogP contribution in [0.25, 0.3) is 0 Å². The lowest BCUT2D eigenvalue weighted by Crippen LogP contribution is -2.42. The molecule has 180 valence electrons. The number of nitrogens with one attached hydrogen (secondary N) is 3. The van der Waals surface area contributed by atoms with E-state index >= 15 is 0 Å². The molecule has 33 heavy (non-hydrogen) atoms. The van der Waals surface area contributed by atoms with E-state index in [2.05, 4.69) is 47.4 Å². The number of nitrogens with zero attached hydrogens (tertiary/aromatic N) is 1. The molecule has 2 aliphatic rings. The lowest BCUT2D eigenvalue weighted by Gasteiger charge is -2.39. The molecule has 0 spiro atoms. The molecular formula is C27H39ClN4O. The van der Waals surface area contributed by atoms with Crippen LogP contribution in [0.5, 0.6) is 0 Å². The van der Waals surface area contributed by atoms with Gasteiger partial charge in [-0.2, -0.15) is 0 Å². The van der Waals surface area contributed by atoms with Crippen molar-refractivity contribution in [1.82, 2.24) is 16.0 Å². The number of hydrogen-bond acceptors (Lipinski definition) is 4. The van der Waals surface area contributed by atoms with Crippen LogP contribution in [0.3, 0.4) is 0 Å². The molecule has 1 heterocycles. The molecule has 0 unspecified atom stereocenters. The maximum absolute atomic E-state index is 13.3. The van der Waals surface area contributed by atoms with Gasteiger partial charge < -0.3 is 20.9 Å². The lowest BCUT2D eigenvalue weighted by atomic mass is 9.89. The second kappa shape index (κ2) is 11.3. The molecule has 6 heteroatoms. The van der Waals surface area contributed by atoms with Gasteiger partial charge >= 0.3 is 0 Å². The van der Waals surface area contributed by atoms with Crippen molar-refractivity contribution < 1.29 is 4.79 Å².